The molecule has 0 unspecified atom stereocenters. The molecule has 7 nitrogen and oxygen atoms in total. The molecule has 0 aromatic carbocycles. The van der Waals surface area contributed by atoms with E-state index >= 15 is 0 Å². The van der Waals surface area contributed by atoms with Crippen LogP contribution < -0.4 is 10.9 Å². The molecule has 2 aromatic rings. The number of aromatic nitrogens is 3. The van der Waals surface area contributed by atoms with Crippen molar-refractivity contribution >= 4 is 5.91 Å². The van der Waals surface area contributed by atoms with Crippen LogP contribution >= 0.6 is 0 Å². The predicted molar refractivity (Wildman–Crippen MR) is 69.3 cm³/mol. The highest BCUT2D eigenvalue weighted by Crippen LogP contribution is 2.40. The van der Waals surface area contributed by atoms with Gasteiger partial charge in [-0.25, -0.2) is 4.68 Å². The third-order valence-electron chi connectivity index (χ3n) is 3.14. The lowest BCUT2D eigenvalue weighted by Crippen LogP contribution is -2.31. The monoisotopic (exact) mass is 274 g/mol. The van der Waals surface area contributed by atoms with Gasteiger partial charge in [0.1, 0.15) is 5.76 Å². The first-order chi connectivity index (χ1) is 9.74. The normalized spacial score (nSPS) is 14.2. The average molecular weight is 274 g/mol. The number of amides is 1. The van der Waals surface area contributed by atoms with Crippen LogP contribution in [0, 0.1) is 0 Å². The minimum atomic E-state index is -0.301. The second-order valence-corrected chi connectivity index (χ2v) is 4.73. The Hall–Kier alpha value is -2.44. The molecular formula is C13H14N4O3. The summed E-state index contributed by atoms with van der Waals surface area (Å²) in [4.78, 5) is 23.2. The lowest BCUT2D eigenvalue weighted by atomic mass is 10.3. The molecule has 2 heterocycles. The zero-order valence-electron chi connectivity index (χ0n) is 10.8. The molecule has 1 aliphatic rings. The third kappa shape index (κ3) is 2.76. The van der Waals surface area contributed by atoms with Crippen LogP contribution in [0.2, 0.25) is 0 Å². The second-order valence-electron chi connectivity index (χ2n) is 4.73. The van der Waals surface area contributed by atoms with Crippen molar-refractivity contribution in [3.8, 4) is 0 Å². The summed E-state index contributed by atoms with van der Waals surface area (Å²) in [6.07, 6.45) is 3.72. The highest BCUT2D eigenvalue weighted by Gasteiger charge is 2.28. The Morgan fingerprint density at radius 1 is 1.50 bits per heavy atom. The molecule has 3 rings (SSSR count). The van der Waals surface area contributed by atoms with Gasteiger partial charge in [0.05, 0.1) is 6.54 Å². The van der Waals surface area contributed by atoms with Gasteiger partial charge in [0, 0.05) is 30.8 Å². The van der Waals surface area contributed by atoms with Crippen LogP contribution in [0.1, 0.15) is 35.0 Å². The quantitative estimate of drug-likeness (QED) is 0.859. The van der Waals surface area contributed by atoms with Crippen LogP contribution in [0.15, 0.2) is 33.7 Å². The number of carbonyl (C=O) groups excluding carboxylic acids is 1. The van der Waals surface area contributed by atoms with Crippen molar-refractivity contribution in [3.05, 3.63) is 46.2 Å². The first kappa shape index (κ1) is 12.6. The zero-order valence-corrected chi connectivity index (χ0v) is 10.8. The summed E-state index contributed by atoms with van der Waals surface area (Å²) in [6, 6.07) is 4.68. The van der Waals surface area contributed by atoms with E-state index in [1.54, 1.807) is 12.1 Å². The SMILES string of the molecule is O=C(NCCn1ncccc1=O)c1cc(C2CC2)on1. The number of hydrogen-bond acceptors (Lipinski definition) is 5. The maximum Gasteiger partial charge on any atom is 0.273 e. The Bertz CT molecular complexity index is 672. The van der Waals surface area contributed by atoms with Gasteiger partial charge in [0.15, 0.2) is 5.69 Å². The number of rotatable bonds is 5. The molecule has 1 aliphatic carbocycles. The van der Waals surface area contributed by atoms with Crippen molar-refractivity contribution in [2.45, 2.75) is 25.3 Å². The first-order valence-corrected chi connectivity index (χ1v) is 6.51. The Balaban J connectivity index is 1.54. The molecule has 1 amide bonds. The lowest BCUT2D eigenvalue weighted by Gasteiger charge is -2.04. The van der Waals surface area contributed by atoms with Crippen LogP contribution in [0.5, 0.6) is 0 Å². The van der Waals surface area contributed by atoms with Crippen LogP contribution in [-0.4, -0.2) is 27.4 Å². The van der Waals surface area contributed by atoms with E-state index in [1.165, 1.54) is 16.9 Å². The Kier molecular flexibility index (Phi) is 3.32. The fourth-order valence-corrected chi connectivity index (χ4v) is 1.88. The fourth-order valence-electron chi connectivity index (χ4n) is 1.88. The molecule has 1 N–H and O–H groups in total. The molecule has 7 heteroatoms. The van der Waals surface area contributed by atoms with Crippen LogP contribution in [0.4, 0.5) is 0 Å². The number of nitrogens with zero attached hydrogens (tertiary/aromatic N) is 3. The second kappa shape index (κ2) is 5.28. The molecule has 0 atom stereocenters. The summed E-state index contributed by atoms with van der Waals surface area (Å²) in [6.45, 7) is 0.625. The predicted octanol–water partition coefficient (Wildman–Crippen LogP) is 0.539. The minimum Gasteiger partial charge on any atom is -0.360 e. The molecular weight excluding hydrogens is 260 g/mol. The van der Waals surface area contributed by atoms with E-state index in [2.05, 4.69) is 15.6 Å². The van der Waals surface area contributed by atoms with E-state index in [0.29, 0.717) is 19.0 Å². The van der Waals surface area contributed by atoms with E-state index in [-0.39, 0.29) is 17.2 Å². The smallest absolute Gasteiger partial charge is 0.273 e. The van der Waals surface area contributed by atoms with Crippen molar-refractivity contribution in [3.63, 3.8) is 0 Å². The van der Waals surface area contributed by atoms with Crippen molar-refractivity contribution in [1.82, 2.24) is 20.3 Å². The van der Waals surface area contributed by atoms with E-state index in [1.807, 2.05) is 0 Å². The number of nitrogens with one attached hydrogen (secondary N) is 1. The first-order valence-electron chi connectivity index (χ1n) is 6.51. The molecule has 0 aliphatic heterocycles. The van der Waals surface area contributed by atoms with Gasteiger partial charge in [-0.2, -0.15) is 5.10 Å². The van der Waals surface area contributed by atoms with Crippen molar-refractivity contribution in [1.29, 1.82) is 0 Å². The molecule has 0 saturated heterocycles. The lowest BCUT2D eigenvalue weighted by molar-refractivity contribution is 0.0942. The largest absolute Gasteiger partial charge is 0.360 e. The Morgan fingerprint density at radius 3 is 3.10 bits per heavy atom. The molecule has 104 valence electrons. The summed E-state index contributed by atoms with van der Waals surface area (Å²) in [5.41, 5.74) is 0.0828. The summed E-state index contributed by atoms with van der Waals surface area (Å²) in [5, 5.41) is 10.3. The number of hydrogen-bond donors (Lipinski definition) is 1. The van der Waals surface area contributed by atoms with E-state index in [9.17, 15) is 9.59 Å². The molecule has 0 radical (unpaired) electrons. The highest BCUT2D eigenvalue weighted by molar-refractivity contribution is 5.92. The standard InChI is InChI=1S/C13H14N4O3/c18-12-2-1-5-15-17(12)7-6-14-13(19)10-8-11(20-16-10)9-3-4-9/h1-2,5,8-9H,3-4,6-7H2,(H,14,19). The Labute approximate surface area is 114 Å². The van der Waals surface area contributed by atoms with Crippen molar-refractivity contribution in [2.75, 3.05) is 6.54 Å². The van der Waals surface area contributed by atoms with E-state index in [0.717, 1.165) is 18.6 Å². The van der Waals surface area contributed by atoms with Gasteiger partial charge in [-0.1, -0.05) is 5.16 Å². The minimum absolute atomic E-state index is 0.195. The molecule has 1 saturated carbocycles. The zero-order chi connectivity index (χ0) is 13.9. The maximum absolute atomic E-state index is 11.8. The molecule has 0 bridgehead atoms. The van der Waals surface area contributed by atoms with Crippen LogP contribution in [0.25, 0.3) is 0 Å². The molecule has 1 fully saturated rings. The van der Waals surface area contributed by atoms with Crippen LogP contribution in [-0.2, 0) is 6.54 Å². The van der Waals surface area contributed by atoms with Crippen molar-refractivity contribution in [2.24, 2.45) is 0 Å². The molecule has 0 spiro atoms. The van der Waals surface area contributed by atoms with Gasteiger partial charge in [0.25, 0.3) is 11.5 Å². The summed E-state index contributed by atoms with van der Waals surface area (Å²) < 4.78 is 6.41. The Morgan fingerprint density at radius 2 is 2.35 bits per heavy atom. The highest BCUT2D eigenvalue weighted by atomic mass is 16.5. The van der Waals surface area contributed by atoms with E-state index < -0.39 is 0 Å². The van der Waals surface area contributed by atoms with Crippen molar-refractivity contribution < 1.29 is 9.32 Å². The van der Waals surface area contributed by atoms with Gasteiger partial charge < -0.3 is 9.84 Å². The third-order valence-corrected chi connectivity index (χ3v) is 3.14. The number of carbonyl (C=O) groups is 1. The van der Waals surface area contributed by atoms with Crippen LogP contribution in [0.3, 0.4) is 0 Å². The average Bonchev–Trinajstić information content (AvgIpc) is 3.18. The van der Waals surface area contributed by atoms with Gasteiger partial charge in [-0.15, -0.1) is 0 Å². The van der Waals surface area contributed by atoms with Gasteiger partial charge in [-0.05, 0) is 18.9 Å². The summed E-state index contributed by atoms with van der Waals surface area (Å²) >= 11 is 0. The van der Waals surface area contributed by atoms with Gasteiger partial charge in [-0.3, -0.25) is 9.59 Å². The maximum atomic E-state index is 11.8. The molecule has 2 aromatic heterocycles. The van der Waals surface area contributed by atoms with Gasteiger partial charge in [0.2, 0.25) is 0 Å². The van der Waals surface area contributed by atoms with Gasteiger partial charge >= 0.3 is 0 Å². The topological polar surface area (TPSA) is 90.0 Å². The van der Waals surface area contributed by atoms with E-state index in [4.69, 9.17) is 4.52 Å². The summed E-state index contributed by atoms with van der Waals surface area (Å²) in [7, 11) is 0. The molecule has 20 heavy (non-hydrogen) atoms. The summed E-state index contributed by atoms with van der Waals surface area (Å²) in [5.74, 6) is 0.900. The fraction of sp³-hybridized carbons (Fsp3) is 0.385.